The van der Waals surface area contributed by atoms with Crippen LogP contribution in [0.2, 0.25) is 0 Å². The van der Waals surface area contributed by atoms with Gasteiger partial charge in [-0.05, 0) is 6.07 Å². The molecule has 3 heteroatoms. The van der Waals surface area contributed by atoms with E-state index in [9.17, 15) is 0 Å². The fraction of sp³-hybridized carbons (Fsp3) is 0.167. The summed E-state index contributed by atoms with van der Waals surface area (Å²) in [4.78, 5) is 0. The van der Waals surface area contributed by atoms with Gasteiger partial charge in [0.15, 0.2) is 12.4 Å². The molecule has 0 aromatic carbocycles. The topological polar surface area (TPSA) is 29.9 Å². The Morgan fingerprint density at radius 1 is 1.56 bits per heavy atom. The molecule has 0 atom stereocenters. The van der Waals surface area contributed by atoms with Crippen LogP contribution in [-0.4, -0.2) is 0 Å². The molecule has 9 heavy (non-hydrogen) atoms. The van der Waals surface area contributed by atoms with Crippen molar-refractivity contribution < 1.29 is 28.5 Å². The van der Waals surface area contributed by atoms with E-state index < -0.39 is 0 Å². The lowest BCUT2D eigenvalue weighted by Crippen LogP contribution is -3.00. The van der Waals surface area contributed by atoms with E-state index in [1.54, 1.807) is 0 Å². The Balaban J connectivity index is 0.000000640. The van der Waals surface area contributed by atoms with Crippen molar-refractivity contribution in [3.8, 4) is 0 Å². The van der Waals surface area contributed by atoms with Crippen LogP contribution in [0.15, 0.2) is 24.5 Å². The fourth-order valence-corrected chi connectivity index (χ4v) is 0.611. The van der Waals surface area contributed by atoms with Gasteiger partial charge in [0.25, 0.3) is 0 Å². The Morgan fingerprint density at radius 2 is 2.22 bits per heavy atom. The Hall–Kier alpha value is -0.320. The zero-order valence-electron chi connectivity index (χ0n) is 5.21. The zero-order valence-corrected chi connectivity index (χ0v) is 7.37. The van der Waals surface area contributed by atoms with Crippen molar-refractivity contribution in [2.24, 2.45) is 7.05 Å². The lowest BCUT2D eigenvalue weighted by Gasteiger charge is -1.85. The fourth-order valence-electron chi connectivity index (χ4n) is 0.611. The molecule has 1 aromatic rings. The number of aromatic nitrogens is 1. The van der Waals surface area contributed by atoms with Gasteiger partial charge in [0, 0.05) is 6.07 Å². The van der Waals surface area contributed by atoms with E-state index in [4.69, 9.17) is 5.73 Å². The van der Waals surface area contributed by atoms with Crippen molar-refractivity contribution >= 4 is 5.69 Å². The second-order valence-electron chi connectivity index (χ2n) is 1.80. The Kier molecular flexibility index (Phi) is 3.53. The van der Waals surface area contributed by atoms with Gasteiger partial charge in [-0.1, -0.05) is 0 Å². The summed E-state index contributed by atoms with van der Waals surface area (Å²) in [5.41, 5.74) is 6.24. The van der Waals surface area contributed by atoms with Crippen LogP contribution < -0.4 is 34.3 Å². The van der Waals surface area contributed by atoms with Crippen molar-refractivity contribution in [1.82, 2.24) is 0 Å². The predicted octanol–water partition coefficient (Wildman–Crippen LogP) is -2.90. The molecule has 1 aromatic heterocycles. The van der Waals surface area contributed by atoms with Crippen molar-refractivity contribution in [3.63, 3.8) is 0 Å². The molecule has 0 aliphatic heterocycles. The van der Waals surface area contributed by atoms with Crippen molar-refractivity contribution in [1.29, 1.82) is 0 Å². The van der Waals surface area contributed by atoms with E-state index in [0.717, 1.165) is 5.69 Å². The van der Waals surface area contributed by atoms with Crippen LogP contribution in [0.4, 0.5) is 5.69 Å². The molecule has 1 heterocycles. The van der Waals surface area contributed by atoms with Gasteiger partial charge in [-0.3, -0.25) is 0 Å². The second-order valence-corrected chi connectivity index (χ2v) is 1.80. The molecule has 2 nitrogen and oxygen atoms in total. The van der Waals surface area contributed by atoms with Gasteiger partial charge in [0.1, 0.15) is 7.05 Å². The normalized spacial score (nSPS) is 8.11. The Morgan fingerprint density at radius 3 is 2.56 bits per heavy atom. The number of nitrogens with two attached hydrogens (primary N) is 1. The highest BCUT2D eigenvalue weighted by molar-refractivity contribution is 5.30. The summed E-state index contributed by atoms with van der Waals surface area (Å²) < 4.78 is 1.91. The standard InChI is InChI=1S/C6H9N2.HI/c1-8-4-2-3-6(7)5-8;/h2-5H,7H2,1H3;1H/q+1;/p-1. The van der Waals surface area contributed by atoms with E-state index in [1.165, 1.54) is 0 Å². The van der Waals surface area contributed by atoms with Crippen LogP contribution in [0.1, 0.15) is 0 Å². The van der Waals surface area contributed by atoms with Crippen LogP contribution >= 0.6 is 0 Å². The third kappa shape index (κ3) is 2.64. The maximum atomic E-state index is 5.44. The summed E-state index contributed by atoms with van der Waals surface area (Å²) in [6.45, 7) is 0. The van der Waals surface area contributed by atoms with E-state index in [1.807, 2.05) is 36.1 Å². The zero-order chi connectivity index (χ0) is 5.98. The molecular formula is C6H9IN2. The molecule has 1 rings (SSSR count). The Bertz CT molecular complexity index is 171. The van der Waals surface area contributed by atoms with Gasteiger partial charge in [0.05, 0.1) is 5.69 Å². The van der Waals surface area contributed by atoms with Crippen LogP contribution in [0.3, 0.4) is 0 Å². The first-order valence-corrected chi connectivity index (χ1v) is 2.50. The number of pyridine rings is 1. The van der Waals surface area contributed by atoms with Crippen molar-refractivity contribution in [3.05, 3.63) is 24.5 Å². The highest BCUT2D eigenvalue weighted by Crippen LogP contribution is 1.90. The van der Waals surface area contributed by atoms with Gasteiger partial charge in [-0.2, -0.15) is 0 Å². The summed E-state index contributed by atoms with van der Waals surface area (Å²) in [5, 5.41) is 0. The van der Waals surface area contributed by atoms with Crippen LogP contribution in [0, 0.1) is 0 Å². The van der Waals surface area contributed by atoms with Gasteiger partial charge in [-0.15, -0.1) is 0 Å². The molecule has 50 valence electrons. The molecule has 0 aliphatic carbocycles. The summed E-state index contributed by atoms with van der Waals surface area (Å²) in [5.74, 6) is 0. The maximum Gasteiger partial charge on any atom is 0.191 e. The number of hydrogen-bond acceptors (Lipinski definition) is 1. The van der Waals surface area contributed by atoms with Gasteiger partial charge in [0.2, 0.25) is 0 Å². The molecule has 0 saturated heterocycles. The quantitative estimate of drug-likeness (QED) is 0.380. The first-order chi connectivity index (χ1) is 3.79. The first-order valence-electron chi connectivity index (χ1n) is 2.50. The van der Waals surface area contributed by atoms with Gasteiger partial charge < -0.3 is 29.7 Å². The number of rotatable bonds is 0. The smallest absolute Gasteiger partial charge is 0.191 e. The first kappa shape index (κ1) is 8.68. The molecule has 0 radical (unpaired) electrons. The maximum absolute atomic E-state index is 5.44. The van der Waals surface area contributed by atoms with Crippen LogP contribution in [-0.2, 0) is 7.05 Å². The van der Waals surface area contributed by atoms with E-state index >= 15 is 0 Å². The lowest BCUT2D eigenvalue weighted by molar-refractivity contribution is -0.670. The molecule has 0 amide bonds. The largest absolute Gasteiger partial charge is 1.00 e. The Labute approximate surface area is 71.7 Å². The third-order valence-corrected chi connectivity index (χ3v) is 0.963. The molecule has 0 aliphatic rings. The second kappa shape index (κ2) is 3.66. The number of hydrogen-bond donors (Lipinski definition) is 1. The molecule has 2 N–H and O–H groups in total. The number of halogens is 1. The minimum absolute atomic E-state index is 0. The molecule has 0 bridgehead atoms. The van der Waals surface area contributed by atoms with Gasteiger partial charge >= 0.3 is 0 Å². The summed E-state index contributed by atoms with van der Waals surface area (Å²) >= 11 is 0. The highest BCUT2D eigenvalue weighted by Gasteiger charge is 1.87. The summed E-state index contributed by atoms with van der Waals surface area (Å²) in [7, 11) is 1.94. The summed E-state index contributed by atoms with van der Waals surface area (Å²) in [6.07, 6.45) is 3.80. The SMILES string of the molecule is C[n+]1cccc(N)c1.[I-]. The van der Waals surface area contributed by atoms with Gasteiger partial charge in [-0.25, -0.2) is 4.57 Å². The van der Waals surface area contributed by atoms with Crippen LogP contribution in [0.25, 0.3) is 0 Å². The number of anilines is 1. The van der Waals surface area contributed by atoms with E-state index in [0.29, 0.717) is 0 Å². The molecule has 0 spiro atoms. The molecule has 0 saturated carbocycles. The number of nitrogens with zero attached hydrogens (tertiary/aromatic N) is 1. The molecule has 0 fully saturated rings. The highest BCUT2D eigenvalue weighted by atomic mass is 127. The van der Waals surface area contributed by atoms with Crippen molar-refractivity contribution in [2.45, 2.75) is 0 Å². The minimum atomic E-state index is 0. The third-order valence-electron chi connectivity index (χ3n) is 0.963. The lowest BCUT2D eigenvalue weighted by atomic mass is 10.4. The predicted molar refractivity (Wildman–Crippen MR) is 32.0 cm³/mol. The summed E-state index contributed by atoms with van der Waals surface area (Å²) in [6, 6.07) is 3.77. The van der Waals surface area contributed by atoms with E-state index in [2.05, 4.69) is 0 Å². The van der Waals surface area contributed by atoms with Crippen LogP contribution in [0.5, 0.6) is 0 Å². The average Bonchev–Trinajstić information content (AvgIpc) is 1.64. The molecular weight excluding hydrogens is 227 g/mol. The minimum Gasteiger partial charge on any atom is -1.00 e. The molecule has 0 unspecified atom stereocenters. The number of aryl methyl sites for hydroxylation is 1. The number of nitrogen functional groups attached to an aromatic ring is 1. The monoisotopic (exact) mass is 236 g/mol. The van der Waals surface area contributed by atoms with Crippen molar-refractivity contribution in [2.75, 3.05) is 5.73 Å². The average molecular weight is 236 g/mol. The van der Waals surface area contributed by atoms with E-state index in [-0.39, 0.29) is 24.0 Å².